The van der Waals surface area contributed by atoms with Gasteiger partial charge in [-0.05, 0) is 56.0 Å². The molecule has 1 heterocycles. The number of likely N-dealkylation sites (tertiary alicyclic amines) is 1. The average molecular weight is 423 g/mol. The van der Waals surface area contributed by atoms with E-state index in [0.29, 0.717) is 5.92 Å². The third-order valence-electron chi connectivity index (χ3n) is 5.66. The number of anilines is 1. The second kappa shape index (κ2) is 11.0. The van der Waals surface area contributed by atoms with E-state index in [9.17, 15) is 4.79 Å². The Morgan fingerprint density at radius 1 is 1.06 bits per heavy atom. The SMILES string of the molecule is CC(ON=C(N)c1ccccc1CN1CCCCC1)C(=O)Nc1ccccc1C(C)C. The number of amides is 1. The lowest BCUT2D eigenvalue weighted by molar-refractivity contribution is -0.126. The minimum absolute atomic E-state index is 0.258. The van der Waals surface area contributed by atoms with Gasteiger partial charge >= 0.3 is 0 Å². The first kappa shape index (κ1) is 22.8. The van der Waals surface area contributed by atoms with Crippen molar-refractivity contribution in [2.24, 2.45) is 10.9 Å². The van der Waals surface area contributed by atoms with Crippen LogP contribution in [0.3, 0.4) is 0 Å². The van der Waals surface area contributed by atoms with Crippen LogP contribution < -0.4 is 11.1 Å². The Balaban J connectivity index is 1.64. The summed E-state index contributed by atoms with van der Waals surface area (Å²) in [5.74, 6) is 0.332. The average Bonchev–Trinajstić information content (AvgIpc) is 2.78. The number of piperidine rings is 1. The molecule has 166 valence electrons. The number of benzene rings is 2. The van der Waals surface area contributed by atoms with Crippen LogP contribution in [0.4, 0.5) is 5.69 Å². The van der Waals surface area contributed by atoms with Crippen LogP contribution in [0.2, 0.25) is 0 Å². The quantitative estimate of drug-likeness (QED) is 0.374. The number of nitrogens with two attached hydrogens (primary N) is 1. The predicted octanol–water partition coefficient (Wildman–Crippen LogP) is 4.46. The van der Waals surface area contributed by atoms with E-state index in [1.807, 2.05) is 42.5 Å². The summed E-state index contributed by atoms with van der Waals surface area (Å²) in [6.07, 6.45) is 3.01. The Labute approximate surface area is 185 Å². The van der Waals surface area contributed by atoms with Gasteiger partial charge in [-0.1, -0.05) is 67.9 Å². The molecule has 1 atom stereocenters. The van der Waals surface area contributed by atoms with Gasteiger partial charge in [0.1, 0.15) is 0 Å². The summed E-state index contributed by atoms with van der Waals surface area (Å²) < 4.78 is 0. The van der Waals surface area contributed by atoms with Crippen LogP contribution in [0.15, 0.2) is 53.7 Å². The molecule has 1 unspecified atom stereocenters. The maximum atomic E-state index is 12.6. The Kier molecular flexibility index (Phi) is 8.06. The highest BCUT2D eigenvalue weighted by atomic mass is 16.6. The minimum atomic E-state index is -0.770. The minimum Gasteiger partial charge on any atom is -0.381 e. The third kappa shape index (κ3) is 6.31. The molecule has 2 aromatic carbocycles. The fourth-order valence-electron chi connectivity index (χ4n) is 3.85. The first-order valence-corrected chi connectivity index (χ1v) is 11.2. The van der Waals surface area contributed by atoms with Gasteiger partial charge in [-0.15, -0.1) is 0 Å². The van der Waals surface area contributed by atoms with Crippen molar-refractivity contribution in [1.82, 2.24) is 4.90 Å². The number of rotatable bonds is 8. The van der Waals surface area contributed by atoms with Gasteiger partial charge in [0.25, 0.3) is 5.91 Å². The number of hydrogen-bond donors (Lipinski definition) is 2. The number of oxime groups is 1. The predicted molar refractivity (Wildman–Crippen MR) is 126 cm³/mol. The van der Waals surface area contributed by atoms with Crippen molar-refractivity contribution >= 4 is 17.4 Å². The zero-order chi connectivity index (χ0) is 22.2. The Morgan fingerprint density at radius 2 is 1.74 bits per heavy atom. The van der Waals surface area contributed by atoms with Crippen molar-refractivity contribution in [3.8, 4) is 0 Å². The molecule has 6 nitrogen and oxygen atoms in total. The molecule has 1 amide bonds. The zero-order valence-corrected chi connectivity index (χ0v) is 18.8. The van der Waals surface area contributed by atoms with Gasteiger partial charge < -0.3 is 15.9 Å². The van der Waals surface area contributed by atoms with Gasteiger partial charge in [-0.25, -0.2) is 0 Å². The monoisotopic (exact) mass is 422 g/mol. The maximum Gasteiger partial charge on any atom is 0.267 e. The molecule has 0 spiro atoms. The molecule has 3 rings (SSSR count). The molecule has 1 saturated heterocycles. The van der Waals surface area contributed by atoms with Gasteiger partial charge in [0.2, 0.25) is 6.10 Å². The summed E-state index contributed by atoms with van der Waals surface area (Å²) in [6, 6.07) is 15.8. The van der Waals surface area contributed by atoms with Crippen LogP contribution in [-0.4, -0.2) is 35.8 Å². The van der Waals surface area contributed by atoms with E-state index in [1.165, 1.54) is 19.3 Å². The van der Waals surface area contributed by atoms with Crippen molar-refractivity contribution in [2.75, 3.05) is 18.4 Å². The molecule has 0 bridgehead atoms. The van der Waals surface area contributed by atoms with Crippen LogP contribution in [-0.2, 0) is 16.2 Å². The fourth-order valence-corrected chi connectivity index (χ4v) is 3.85. The number of carbonyl (C=O) groups excluding carboxylic acids is 1. The van der Waals surface area contributed by atoms with Gasteiger partial charge in [0.15, 0.2) is 5.84 Å². The summed E-state index contributed by atoms with van der Waals surface area (Å²) in [5, 5.41) is 7.02. The standard InChI is InChI=1S/C25H34N4O2/c1-18(2)21-12-7-8-14-23(21)27-25(30)19(3)31-28-24(26)22-13-6-5-11-20(22)17-29-15-9-4-10-16-29/h5-8,11-14,18-19H,4,9-10,15-17H2,1-3H3,(H2,26,28)(H,27,30). The van der Waals surface area contributed by atoms with Crippen molar-refractivity contribution in [1.29, 1.82) is 0 Å². The maximum absolute atomic E-state index is 12.6. The summed E-state index contributed by atoms with van der Waals surface area (Å²) in [6.45, 7) is 8.92. The zero-order valence-electron chi connectivity index (χ0n) is 18.8. The summed E-state index contributed by atoms with van der Waals surface area (Å²) >= 11 is 0. The Morgan fingerprint density at radius 3 is 2.48 bits per heavy atom. The second-order valence-electron chi connectivity index (χ2n) is 8.45. The van der Waals surface area contributed by atoms with Crippen LogP contribution in [0, 0.1) is 0 Å². The van der Waals surface area contributed by atoms with E-state index in [0.717, 1.165) is 42.0 Å². The number of para-hydroxylation sites is 1. The number of carbonyl (C=O) groups is 1. The lowest BCUT2D eigenvalue weighted by atomic mass is 10.0. The molecular formula is C25H34N4O2. The second-order valence-corrected chi connectivity index (χ2v) is 8.45. The van der Waals surface area contributed by atoms with Crippen molar-refractivity contribution in [2.45, 2.75) is 58.6 Å². The third-order valence-corrected chi connectivity index (χ3v) is 5.66. The van der Waals surface area contributed by atoms with E-state index in [4.69, 9.17) is 10.6 Å². The molecule has 0 aliphatic carbocycles. The molecule has 0 aromatic heterocycles. The molecular weight excluding hydrogens is 388 g/mol. The van der Waals surface area contributed by atoms with Crippen molar-refractivity contribution < 1.29 is 9.63 Å². The Hall–Kier alpha value is -2.86. The highest BCUT2D eigenvalue weighted by Gasteiger charge is 2.18. The fraction of sp³-hybridized carbons (Fsp3) is 0.440. The summed E-state index contributed by atoms with van der Waals surface area (Å²) in [7, 11) is 0. The van der Waals surface area contributed by atoms with Gasteiger partial charge in [-0.2, -0.15) is 0 Å². The van der Waals surface area contributed by atoms with Gasteiger partial charge in [0, 0.05) is 17.8 Å². The molecule has 1 aliphatic heterocycles. The first-order chi connectivity index (χ1) is 15.0. The molecule has 3 N–H and O–H groups in total. The van der Waals surface area contributed by atoms with E-state index in [1.54, 1.807) is 6.92 Å². The Bertz CT molecular complexity index is 904. The molecule has 0 saturated carbocycles. The normalized spacial score (nSPS) is 16.2. The molecule has 31 heavy (non-hydrogen) atoms. The smallest absolute Gasteiger partial charge is 0.267 e. The summed E-state index contributed by atoms with van der Waals surface area (Å²) in [4.78, 5) is 20.5. The lowest BCUT2D eigenvalue weighted by Crippen LogP contribution is -2.30. The van der Waals surface area contributed by atoms with Crippen LogP contribution in [0.5, 0.6) is 0 Å². The molecule has 1 aliphatic rings. The van der Waals surface area contributed by atoms with E-state index < -0.39 is 6.10 Å². The molecule has 0 radical (unpaired) electrons. The molecule has 6 heteroatoms. The highest BCUT2D eigenvalue weighted by Crippen LogP contribution is 2.24. The van der Waals surface area contributed by atoms with E-state index in [-0.39, 0.29) is 11.7 Å². The number of amidine groups is 1. The van der Waals surface area contributed by atoms with Gasteiger partial charge in [-0.3, -0.25) is 9.69 Å². The summed E-state index contributed by atoms with van der Waals surface area (Å²) in [5.41, 5.74) is 10.1. The topological polar surface area (TPSA) is 80.0 Å². The number of hydrogen-bond acceptors (Lipinski definition) is 4. The van der Waals surface area contributed by atoms with Gasteiger partial charge in [0.05, 0.1) is 0 Å². The lowest BCUT2D eigenvalue weighted by Gasteiger charge is -2.27. The molecule has 1 fully saturated rings. The van der Waals surface area contributed by atoms with Crippen LogP contribution in [0.25, 0.3) is 0 Å². The van der Waals surface area contributed by atoms with E-state index >= 15 is 0 Å². The molecule has 2 aromatic rings. The van der Waals surface area contributed by atoms with Crippen molar-refractivity contribution in [3.63, 3.8) is 0 Å². The number of nitrogens with zero attached hydrogens (tertiary/aromatic N) is 2. The van der Waals surface area contributed by atoms with E-state index in [2.05, 4.69) is 35.3 Å². The largest absolute Gasteiger partial charge is 0.381 e. The number of nitrogens with one attached hydrogen (secondary N) is 1. The first-order valence-electron chi connectivity index (χ1n) is 11.2. The van der Waals surface area contributed by atoms with Crippen LogP contribution in [0.1, 0.15) is 62.6 Å². The highest BCUT2D eigenvalue weighted by molar-refractivity contribution is 5.98. The van der Waals surface area contributed by atoms with Crippen molar-refractivity contribution in [3.05, 3.63) is 65.2 Å². The van der Waals surface area contributed by atoms with Crippen LogP contribution >= 0.6 is 0 Å².